The predicted molar refractivity (Wildman–Crippen MR) is 109 cm³/mol. The molecule has 3 rings (SSSR count). The van der Waals surface area contributed by atoms with Gasteiger partial charge in [0.2, 0.25) is 5.91 Å². The topological polar surface area (TPSA) is 62.6 Å². The molecule has 0 unspecified atom stereocenters. The second-order valence-electron chi connectivity index (χ2n) is 6.72. The Bertz CT molecular complexity index is 931. The number of aryl methyl sites for hydroxylation is 2. The second-order valence-corrected chi connectivity index (χ2v) is 6.72. The van der Waals surface area contributed by atoms with Crippen LogP contribution in [-0.2, 0) is 11.3 Å². The predicted octanol–water partition coefficient (Wildman–Crippen LogP) is 4.25. The maximum Gasteiger partial charge on any atom is 0.251 e. The van der Waals surface area contributed by atoms with E-state index >= 15 is 0 Å². The molecule has 0 aliphatic carbocycles. The fraction of sp³-hybridized carbons (Fsp3) is 0.217. The number of carbonyl (C=O) groups excluding carboxylic acids is 2. The largest absolute Gasteiger partial charge is 0.467 e. The summed E-state index contributed by atoms with van der Waals surface area (Å²) in [4.78, 5) is 26.9. The van der Waals surface area contributed by atoms with Crippen molar-refractivity contribution in [3.63, 3.8) is 0 Å². The average Bonchev–Trinajstić information content (AvgIpc) is 3.20. The fourth-order valence-electron chi connectivity index (χ4n) is 2.95. The molecule has 0 aliphatic heterocycles. The number of nitrogens with one attached hydrogen (secondary N) is 1. The van der Waals surface area contributed by atoms with E-state index in [0.29, 0.717) is 17.9 Å². The zero-order chi connectivity index (χ0) is 19.9. The first kappa shape index (κ1) is 19.4. The number of hydrogen-bond donors (Lipinski definition) is 1. The number of carbonyl (C=O) groups is 2. The van der Waals surface area contributed by atoms with E-state index in [1.54, 1.807) is 23.3 Å². The molecule has 5 heteroatoms. The first-order valence-corrected chi connectivity index (χ1v) is 9.28. The van der Waals surface area contributed by atoms with Crippen LogP contribution in [0.15, 0.2) is 71.3 Å². The van der Waals surface area contributed by atoms with E-state index in [2.05, 4.69) is 5.32 Å². The Morgan fingerprint density at radius 2 is 1.71 bits per heavy atom. The van der Waals surface area contributed by atoms with Gasteiger partial charge in [0.25, 0.3) is 5.91 Å². The first-order valence-electron chi connectivity index (χ1n) is 9.28. The van der Waals surface area contributed by atoms with Crippen molar-refractivity contribution in [2.24, 2.45) is 0 Å². The highest BCUT2D eigenvalue weighted by Gasteiger charge is 2.18. The summed E-state index contributed by atoms with van der Waals surface area (Å²) in [6.45, 7) is 4.51. The van der Waals surface area contributed by atoms with Crippen LogP contribution in [0, 0.1) is 13.8 Å². The molecule has 1 aromatic heterocycles. The van der Waals surface area contributed by atoms with Gasteiger partial charge < -0.3 is 14.6 Å². The number of benzene rings is 2. The summed E-state index contributed by atoms with van der Waals surface area (Å²) in [7, 11) is 0. The Kier molecular flexibility index (Phi) is 6.27. The van der Waals surface area contributed by atoms with Crippen LogP contribution in [0.2, 0.25) is 0 Å². The maximum atomic E-state index is 12.9. The molecule has 0 saturated heterocycles. The van der Waals surface area contributed by atoms with Gasteiger partial charge in [0, 0.05) is 24.2 Å². The van der Waals surface area contributed by atoms with E-state index < -0.39 is 0 Å². The number of furan rings is 1. The highest BCUT2D eigenvalue weighted by molar-refractivity contribution is 5.97. The van der Waals surface area contributed by atoms with Gasteiger partial charge in [0.1, 0.15) is 5.76 Å². The lowest BCUT2D eigenvalue weighted by atomic mass is 10.1. The smallest absolute Gasteiger partial charge is 0.251 e. The van der Waals surface area contributed by atoms with Crippen LogP contribution in [0.1, 0.15) is 33.7 Å². The summed E-state index contributed by atoms with van der Waals surface area (Å²) in [5.41, 5.74) is 3.46. The van der Waals surface area contributed by atoms with Crippen LogP contribution in [-0.4, -0.2) is 18.4 Å². The van der Waals surface area contributed by atoms with E-state index in [9.17, 15) is 9.59 Å². The summed E-state index contributed by atoms with van der Waals surface area (Å²) in [6.07, 6.45) is 1.79. The number of hydrogen-bond acceptors (Lipinski definition) is 3. The molecule has 144 valence electrons. The standard InChI is InChI=1S/C23H24N2O3/c1-17-9-11-19(12-10-17)25(16-20-7-5-15-28-20)22(26)13-14-24-23(27)21-8-4-3-6-18(21)2/h3-12,15H,13-14,16H2,1-2H3,(H,24,27). The summed E-state index contributed by atoms with van der Waals surface area (Å²) in [6, 6.07) is 18.8. The van der Waals surface area contributed by atoms with Crippen molar-refractivity contribution < 1.29 is 14.0 Å². The zero-order valence-corrected chi connectivity index (χ0v) is 16.1. The molecule has 0 bridgehead atoms. The Hall–Kier alpha value is -3.34. The van der Waals surface area contributed by atoms with E-state index in [0.717, 1.165) is 16.8 Å². The Balaban J connectivity index is 1.65. The molecular formula is C23H24N2O3. The SMILES string of the molecule is Cc1ccc(N(Cc2ccco2)C(=O)CCNC(=O)c2ccccc2C)cc1. The van der Waals surface area contributed by atoms with Crippen LogP contribution in [0.3, 0.4) is 0 Å². The second kappa shape index (κ2) is 9.04. The molecule has 3 aromatic rings. The molecule has 1 heterocycles. The van der Waals surface area contributed by atoms with Crippen molar-refractivity contribution in [3.8, 4) is 0 Å². The van der Waals surface area contributed by atoms with Crippen LogP contribution in [0.25, 0.3) is 0 Å². The molecule has 0 saturated carbocycles. The van der Waals surface area contributed by atoms with Crippen LogP contribution in [0.5, 0.6) is 0 Å². The molecular weight excluding hydrogens is 352 g/mol. The van der Waals surface area contributed by atoms with Gasteiger partial charge in [0.05, 0.1) is 12.8 Å². The van der Waals surface area contributed by atoms with Crippen LogP contribution < -0.4 is 10.2 Å². The molecule has 0 radical (unpaired) electrons. The average molecular weight is 376 g/mol. The highest BCUT2D eigenvalue weighted by Crippen LogP contribution is 2.19. The minimum absolute atomic E-state index is 0.0784. The van der Waals surface area contributed by atoms with Crippen molar-refractivity contribution >= 4 is 17.5 Å². The van der Waals surface area contributed by atoms with Gasteiger partial charge in [-0.25, -0.2) is 0 Å². The van der Waals surface area contributed by atoms with Gasteiger partial charge in [-0.05, 0) is 49.7 Å². The number of anilines is 1. The third kappa shape index (κ3) is 4.88. The first-order chi connectivity index (χ1) is 13.5. The fourth-order valence-corrected chi connectivity index (χ4v) is 2.95. The zero-order valence-electron chi connectivity index (χ0n) is 16.1. The lowest BCUT2D eigenvalue weighted by Gasteiger charge is -2.22. The molecule has 0 atom stereocenters. The Morgan fingerprint density at radius 1 is 0.964 bits per heavy atom. The van der Waals surface area contributed by atoms with Gasteiger partial charge in [0.15, 0.2) is 0 Å². The molecule has 0 fully saturated rings. The molecule has 2 amide bonds. The third-order valence-corrected chi connectivity index (χ3v) is 4.55. The van der Waals surface area contributed by atoms with Crippen molar-refractivity contribution in [3.05, 3.63) is 89.4 Å². The monoisotopic (exact) mass is 376 g/mol. The molecule has 5 nitrogen and oxygen atoms in total. The summed E-state index contributed by atoms with van der Waals surface area (Å²) < 4.78 is 5.41. The minimum atomic E-state index is -0.168. The van der Waals surface area contributed by atoms with E-state index in [-0.39, 0.29) is 24.8 Å². The van der Waals surface area contributed by atoms with Gasteiger partial charge in [-0.1, -0.05) is 35.9 Å². The lowest BCUT2D eigenvalue weighted by molar-refractivity contribution is -0.118. The summed E-state index contributed by atoms with van der Waals surface area (Å²) in [5.74, 6) is 0.460. The quantitative estimate of drug-likeness (QED) is 0.670. The van der Waals surface area contributed by atoms with Gasteiger partial charge >= 0.3 is 0 Å². The van der Waals surface area contributed by atoms with Gasteiger partial charge in [-0.15, -0.1) is 0 Å². The van der Waals surface area contributed by atoms with Crippen LogP contribution in [0.4, 0.5) is 5.69 Å². The Labute approximate surface area is 165 Å². The number of nitrogens with zero attached hydrogens (tertiary/aromatic N) is 1. The van der Waals surface area contributed by atoms with E-state index in [1.165, 1.54) is 0 Å². The summed E-state index contributed by atoms with van der Waals surface area (Å²) in [5, 5.41) is 2.84. The normalized spacial score (nSPS) is 10.5. The van der Waals surface area contributed by atoms with E-state index in [1.807, 2.05) is 62.4 Å². The van der Waals surface area contributed by atoms with Crippen molar-refractivity contribution in [1.82, 2.24) is 5.32 Å². The van der Waals surface area contributed by atoms with Gasteiger partial charge in [-0.3, -0.25) is 9.59 Å². The third-order valence-electron chi connectivity index (χ3n) is 4.55. The van der Waals surface area contributed by atoms with E-state index in [4.69, 9.17) is 4.42 Å². The number of rotatable bonds is 7. The molecule has 0 aliphatic rings. The summed E-state index contributed by atoms with van der Waals surface area (Å²) >= 11 is 0. The highest BCUT2D eigenvalue weighted by atomic mass is 16.3. The van der Waals surface area contributed by atoms with Crippen molar-refractivity contribution in [1.29, 1.82) is 0 Å². The van der Waals surface area contributed by atoms with Crippen molar-refractivity contribution in [2.75, 3.05) is 11.4 Å². The molecule has 2 aromatic carbocycles. The van der Waals surface area contributed by atoms with Crippen molar-refractivity contribution in [2.45, 2.75) is 26.8 Å². The molecule has 28 heavy (non-hydrogen) atoms. The van der Waals surface area contributed by atoms with Crippen LogP contribution >= 0.6 is 0 Å². The molecule has 0 spiro atoms. The Morgan fingerprint density at radius 3 is 2.39 bits per heavy atom. The lowest BCUT2D eigenvalue weighted by Crippen LogP contribution is -2.34. The maximum absolute atomic E-state index is 12.9. The van der Waals surface area contributed by atoms with Gasteiger partial charge in [-0.2, -0.15) is 0 Å². The minimum Gasteiger partial charge on any atom is -0.467 e. The number of amides is 2. The molecule has 1 N–H and O–H groups in total.